The van der Waals surface area contributed by atoms with Crippen LogP contribution in [-0.2, 0) is 9.84 Å². The molecule has 1 N–H and O–H groups in total. The van der Waals surface area contributed by atoms with Gasteiger partial charge in [-0.05, 0) is 12.1 Å². The van der Waals surface area contributed by atoms with Crippen LogP contribution in [0.15, 0.2) is 18.3 Å². The van der Waals surface area contributed by atoms with E-state index in [2.05, 4.69) is 10.3 Å². The molecule has 1 amide bonds. The fraction of sp³-hybridized carbons (Fsp3) is 0.400. The molecule has 1 fully saturated rings. The van der Waals surface area contributed by atoms with Crippen molar-refractivity contribution in [3.05, 3.63) is 29.8 Å². The molecule has 0 aliphatic carbocycles. The van der Waals surface area contributed by atoms with Gasteiger partial charge < -0.3 is 5.32 Å². The van der Waals surface area contributed by atoms with Crippen LogP contribution in [0.3, 0.4) is 0 Å². The van der Waals surface area contributed by atoms with Gasteiger partial charge in [0.15, 0.2) is 9.84 Å². The third kappa shape index (κ3) is 2.97. The second-order valence-corrected chi connectivity index (χ2v) is 6.75. The van der Waals surface area contributed by atoms with Crippen molar-refractivity contribution in [3.8, 4) is 0 Å². The van der Waals surface area contributed by atoms with Crippen LogP contribution in [0.25, 0.3) is 0 Å². The summed E-state index contributed by atoms with van der Waals surface area (Å²) in [5.74, 6) is -1.46. The molecule has 2 atom stereocenters. The predicted molar refractivity (Wildman–Crippen MR) is 63.7 cm³/mol. The van der Waals surface area contributed by atoms with Gasteiger partial charge in [-0.15, -0.1) is 11.6 Å². The van der Waals surface area contributed by atoms with Gasteiger partial charge in [0.25, 0.3) is 5.91 Å². The van der Waals surface area contributed by atoms with E-state index in [0.717, 1.165) is 12.3 Å². The highest BCUT2D eigenvalue weighted by Gasteiger charge is 2.37. The zero-order valence-corrected chi connectivity index (χ0v) is 10.7. The Morgan fingerprint density at radius 2 is 2.17 bits per heavy atom. The number of sulfone groups is 1. The third-order valence-electron chi connectivity index (χ3n) is 2.56. The van der Waals surface area contributed by atoms with Crippen molar-refractivity contribution >= 4 is 27.3 Å². The molecule has 1 aromatic heterocycles. The summed E-state index contributed by atoms with van der Waals surface area (Å²) >= 11 is 5.85. The smallest absolute Gasteiger partial charge is 0.270 e. The number of pyridine rings is 1. The molecule has 1 saturated heterocycles. The van der Waals surface area contributed by atoms with E-state index in [1.165, 1.54) is 6.07 Å². The van der Waals surface area contributed by atoms with Crippen LogP contribution in [0, 0.1) is 5.82 Å². The number of rotatable bonds is 2. The van der Waals surface area contributed by atoms with Crippen molar-refractivity contribution in [1.29, 1.82) is 0 Å². The van der Waals surface area contributed by atoms with Gasteiger partial charge in [0.2, 0.25) is 0 Å². The number of halogens is 2. The number of amides is 1. The first-order valence-electron chi connectivity index (χ1n) is 5.14. The average Bonchev–Trinajstić information content (AvgIpc) is 2.52. The topological polar surface area (TPSA) is 76.1 Å². The molecule has 1 aromatic rings. The van der Waals surface area contributed by atoms with Gasteiger partial charge in [-0.25, -0.2) is 17.8 Å². The van der Waals surface area contributed by atoms with Crippen LogP contribution >= 0.6 is 11.6 Å². The molecule has 5 nitrogen and oxygen atoms in total. The molecule has 1 aliphatic rings. The van der Waals surface area contributed by atoms with Crippen LogP contribution in [0.4, 0.5) is 4.39 Å². The van der Waals surface area contributed by atoms with Gasteiger partial charge in [0.05, 0.1) is 29.1 Å². The quantitative estimate of drug-likeness (QED) is 0.798. The maximum Gasteiger partial charge on any atom is 0.270 e. The number of hydrogen-bond donors (Lipinski definition) is 1. The number of hydrogen-bond acceptors (Lipinski definition) is 4. The maximum atomic E-state index is 12.6. The van der Waals surface area contributed by atoms with Crippen LogP contribution in [-0.4, -0.2) is 42.2 Å². The summed E-state index contributed by atoms with van der Waals surface area (Å²) in [6, 6.07) is 1.68. The highest BCUT2D eigenvalue weighted by atomic mass is 35.5. The normalized spacial score (nSPS) is 25.9. The van der Waals surface area contributed by atoms with Gasteiger partial charge in [0, 0.05) is 0 Å². The average molecular weight is 293 g/mol. The van der Waals surface area contributed by atoms with Crippen LogP contribution in [0.5, 0.6) is 0 Å². The van der Waals surface area contributed by atoms with Gasteiger partial charge >= 0.3 is 0 Å². The molecule has 0 bridgehead atoms. The summed E-state index contributed by atoms with van der Waals surface area (Å²) in [5, 5.41) is 1.83. The van der Waals surface area contributed by atoms with E-state index in [1.807, 2.05) is 0 Å². The van der Waals surface area contributed by atoms with Crippen molar-refractivity contribution in [2.75, 3.05) is 11.5 Å². The van der Waals surface area contributed by atoms with E-state index >= 15 is 0 Å². The van der Waals surface area contributed by atoms with Crippen LogP contribution in [0.2, 0.25) is 0 Å². The number of nitrogens with zero attached hydrogens (tertiary/aromatic N) is 1. The van der Waals surface area contributed by atoms with E-state index < -0.39 is 33.0 Å². The van der Waals surface area contributed by atoms with Crippen molar-refractivity contribution in [3.63, 3.8) is 0 Å². The molecule has 2 unspecified atom stereocenters. The van der Waals surface area contributed by atoms with Crippen molar-refractivity contribution < 1.29 is 17.6 Å². The zero-order valence-electron chi connectivity index (χ0n) is 9.14. The molecule has 0 saturated carbocycles. The Hall–Kier alpha value is -1.21. The summed E-state index contributed by atoms with van der Waals surface area (Å²) in [6.45, 7) is 0. The Kier molecular flexibility index (Phi) is 3.54. The molecule has 1 aliphatic heterocycles. The standard InChI is InChI=1S/C10H10ClFN2O3S/c11-7-4-18(16,17)5-9(7)14-10(15)8-2-1-6(12)3-13-8/h1-3,7,9H,4-5H2,(H,14,15). The molecular formula is C10H10ClFN2O3S. The molecule has 18 heavy (non-hydrogen) atoms. The summed E-state index contributed by atoms with van der Waals surface area (Å²) in [6.07, 6.45) is 0.915. The minimum absolute atomic E-state index is 0.0181. The Morgan fingerprint density at radius 1 is 1.44 bits per heavy atom. The molecule has 0 radical (unpaired) electrons. The van der Waals surface area contributed by atoms with Gasteiger partial charge in [-0.2, -0.15) is 0 Å². The molecule has 98 valence electrons. The first-order valence-corrected chi connectivity index (χ1v) is 7.40. The van der Waals surface area contributed by atoms with E-state index in [0.29, 0.717) is 0 Å². The predicted octanol–water partition coefficient (Wildman–Crippen LogP) is 0.355. The summed E-state index contributed by atoms with van der Waals surface area (Å²) < 4.78 is 35.3. The lowest BCUT2D eigenvalue weighted by Crippen LogP contribution is -2.40. The second-order valence-electron chi connectivity index (χ2n) is 4.03. The van der Waals surface area contributed by atoms with Crippen LogP contribution < -0.4 is 5.32 Å². The number of carbonyl (C=O) groups excluding carboxylic acids is 1. The highest BCUT2D eigenvalue weighted by Crippen LogP contribution is 2.18. The summed E-state index contributed by atoms with van der Waals surface area (Å²) in [7, 11) is -3.21. The molecule has 8 heteroatoms. The van der Waals surface area contributed by atoms with E-state index in [-0.39, 0.29) is 17.2 Å². The molecule has 2 rings (SSSR count). The zero-order chi connectivity index (χ0) is 13.3. The Balaban J connectivity index is 2.06. The fourth-order valence-electron chi connectivity index (χ4n) is 1.69. The lowest BCUT2D eigenvalue weighted by molar-refractivity contribution is 0.0936. The third-order valence-corrected chi connectivity index (χ3v) is 4.94. The Labute approximate surface area is 108 Å². The lowest BCUT2D eigenvalue weighted by atomic mass is 10.2. The highest BCUT2D eigenvalue weighted by molar-refractivity contribution is 7.91. The van der Waals surface area contributed by atoms with E-state index in [1.54, 1.807) is 0 Å². The first kappa shape index (κ1) is 13.2. The van der Waals surface area contributed by atoms with Crippen molar-refractivity contribution in [2.24, 2.45) is 0 Å². The van der Waals surface area contributed by atoms with Gasteiger partial charge in [0.1, 0.15) is 11.5 Å². The molecule has 0 aromatic carbocycles. The van der Waals surface area contributed by atoms with E-state index in [9.17, 15) is 17.6 Å². The summed E-state index contributed by atoms with van der Waals surface area (Å²) in [4.78, 5) is 15.3. The number of aromatic nitrogens is 1. The van der Waals surface area contributed by atoms with Crippen LogP contribution in [0.1, 0.15) is 10.5 Å². The monoisotopic (exact) mass is 292 g/mol. The number of nitrogens with one attached hydrogen (secondary N) is 1. The van der Waals surface area contributed by atoms with Crippen molar-refractivity contribution in [1.82, 2.24) is 10.3 Å². The molecule has 2 heterocycles. The summed E-state index contributed by atoms with van der Waals surface area (Å²) in [5.41, 5.74) is 0.0181. The van der Waals surface area contributed by atoms with Crippen molar-refractivity contribution in [2.45, 2.75) is 11.4 Å². The van der Waals surface area contributed by atoms with E-state index in [4.69, 9.17) is 11.6 Å². The first-order chi connectivity index (χ1) is 8.37. The SMILES string of the molecule is O=C(NC1CS(=O)(=O)CC1Cl)c1ccc(F)cn1. The second kappa shape index (κ2) is 4.81. The Morgan fingerprint density at radius 3 is 2.67 bits per heavy atom. The van der Waals surface area contributed by atoms with Gasteiger partial charge in [-0.3, -0.25) is 4.79 Å². The number of alkyl halides is 1. The Bertz CT molecular complexity index is 561. The minimum atomic E-state index is -3.21. The molecular weight excluding hydrogens is 283 g/mol. The number of carbonyl (C=O) groups is 1. The lowest BCUT2D eigenvalue weighted by Gasteiger charge is -2.13. The van der Waals surface area contributed by atoms with Gasteiger partial charge in [-0.1, -0.05) is 0 Å². The largest absolute Gasteiger partial charge is 0.345 e. The maximum absolute atomic E-state index is 12.6. The minimum Gasteiger partial charge on any atom is -0.345 e. The molecule has 0 spiro atoms. The fourth-order valence-corrected chi connectivity index (χ4v) is 4.24.